The highest BCUT2D eigenvalue weighted by Gasteiger charge is 2.23. The molecule has 1 aromatic heterocycles. The molecule has 2 heterocycles. The molecule has 1 aromatic rings. The van der Waals surface area contributed by atoms with E-state index in [1.807, 2.05) is 12.4 Å². The Morgan fingerprint density at radius 3 is 2.94 bits per heavy atom. The van der Waals surface area contributed by atoms with E-state index < -0.39 is 0 Å². The van der Waals surface area contributed by atoms with Gasteiger partial charge in [-0.25, -0.2) is 0 Å². The number of hydrogen-bond acceptors (Lipinski definition) is 4. The Kier molecular flexibility index (Phi) is 5.11. The van der Waals surface area contributed by atoms with Gasteiger partial charge < -0.3 is 15.4 Å². The smallest absolute Gasteiger partial charge is 0.0521 e. The van der Waals surface area contributed by atoms with E-state index in [1.54, 1.807) is 0 Å². The molecule has 2 rings (SSSR count). The second kappa shape index (κ2) is 6.83. The van der Waals surface area contributed by atoms with Crippen LogP contribution in [-0.2, 0) is 11.2 Å². The lowest BCUT2D eigenvalue weighted by Crippen LogP contribution is -2.44. The second-order valence-corrected chi connectivity index (χ2v) is 5.16. The SMILES string of the molecule is CN(CCc1ccncc1)CC1COCCC1N. The van der Waals surface area contributed by atoms with Crippen molar-refractivity contribution in [2.75, 3.05) is 33.4 Å². The third kappa shape index (κ3) is 4.05. The number of hydrogen-bond donors (Lipinski definition) is 1. The first-order chi connectivity index (χ1) is 8.75. The van der Waals surface area contributed by atoms with Gasteiger partial charge in [0.15, 0.2) is 0 Å². The molecule has 0 aromatic carbocycles. The Balaban J connectivity index is 1.73. The molecule has 1 saturated heterocycles. The number of aromatic nitrogens is 1. The van der Waals surface area contributed by atoms with Gasteiger partial charge in [0.2, 0.25) is 0 Å². The van der Waals surface area contributed by atoms with Crippen LogP contribution in [0.5, 0.6) is 0 Å². The molecule has 0 saturated carbocycles. The van der Waals surface area contributed by atoms with Gasteiger partial charge >= 0.3 is 0 Å². The Labute approximate surface area is 109 Å². The quantitative estimate of drug-likeness (QED) is 0.843. The van der Waals surface area contributed by atoms with Gasteiger partial charge in [0.05, 0.1) is 6.61 Å². The van der Waals surface area contributed by atoms with Gasteiger partial charge in [-0.05, 0) is 37.6 Å². The van der Waals surface area contributed by atoms with E-state index in [0.717, 1.165) is 39.1 Å². The zero-order valence-electron chi connectivity index (χ0n) is 11.1. The van der Waals surface area contributed by atoms with E-state index in [2.05, 4.69) is 29.1 Å². The summed E-state index contributed by atoms with van der Waals surface area (Å²) in [5, 5.41) is 0. The van der Waals surface area contributed by atoms with Gasteiger partial charge in [0.25, 0.3) is 0 Å². The summed E-state index contributed by atoms with van der Waals surface area (Å²) in [7, 11) is 2.16. The highest BCUT2D eigenvalue weighted by atomic mass is 16.5. The number of pyridine rings is 1. The minimum absolute atomic E-state index is 0.294. The summed E-state index contributed by atoms with van der Waals surface area (Å²) in [6.07, 6.45) is 5.74. The van der Waals surface area contributed by atoms with Crippen LogP contribution in [0.4, 0.5) is 0 Å². The molecule has 1 aliphatic heterocycles. The molecule has 18 heavy (non-hydrogen) atoms. The lowest BCUT2D eigenvalue weighted by atomic mass is 9.96. The van der Waals surface area contributed by atoms with Gasteiger partial charge in [0, 0.05) is 44.0 Å². The van der Waals surface area contributed by atoms with Crippen molar-refractivity contribution in [1.82, 2.24) is 9.88 Å². The molecule has 0 amide bonds. The highest BCUT2D eigenvalue weighted by molar-refractivity contribution is 5.09. The standard InChI is InChI=1S/C14H23N3O/c1-17(8-4-12-2-6-16-7-3-12)10-13-11-18-9-5-14(13)15/h2-3,6-7,13-14H,4-5,8-11,15H2,1H3. The van der Waals surface area contributed by atoms with Crippen molar-refractivity contribution in [2.24, 2.45) is 11.7 Å². The van der Waals surface area contributed by atoms with Crippen molar-refractivity contribution in [2.45, 2.75) is 18.9 Å². The highest BCUT2D eigenvalue weighted by Crippen LogP contribution is 2.14. The Morgan fingerprint density at radius 1 is 1.44 bits per heavy atom. The third-order valence-electron chi connectivity index (χ3n) is 3.61. The predicted molar refractivity (Wildman–Crippen MR) is 72.3 cm³/mol. The van der Waals surface area contributed by atoms with E-state index in [9.17, 15) is 0 Å². The average molecular weight is 249 g/mol. The van der Waals surface area contributed by atoms with Crippen LogP contribution < -0.4 is 5.73 Å². The van der Waals surface area contributed by atoms with Crippen LogP contribution in [-0.4, -0.2) is 49.3 Å². The molecule has 2 unspecified atom stereocenters. The van der Waals surface area contributed by atoms with Crippen LogP contribution in [0.2, 0.25) is 0 Å². The summed E-state index contributed by atoms with van der Waals surface area (Å²) < 4.78 is 5.50. The molecule has 1 fully saturated rings. The maximum atomic E-state index is 6.12. The number of nitrogens with zero attached hydrogens (tertiary/aromatic N) is 2. The Hall–Kier alpha value is -0.970. The van der Waals surface area contributed by atoms with Crippen LogP contribution in [0.25, 0.3) is 0 Å². The summed E-state index contributed by atoms with van der Waals surface area (Å²) >= 11 is 0. The number of nitrogens with two attached hydrogens (primary N) is 1. The summed E-state index contributed by atoms with van der Waals surface area (Å²) in [6.45, 7) is 3.69. The largest absolute Gasteiger partial charge is 0.381 e. The fourth-order valence-electron chi connectivity index (χ4n) is 2.36. The first kappa shape index (κ1) is 13.5. The molecule has 0 radical (unpaired) electrons. The third-order valence-corrected chi connectivity index (χ3v) is 3.61. The van der Waals surface area contributed by atoms with Crippen LogP contribution in [0, 0.1) is 5.92 Å². The predicted octanol–water partition coefficient (Wildman–Crippen LogP) is 0.920. The van der Waals surface area contributed by atoms with Gasteiger partial charge in [-0.1, -0.05) is 0 Å². The fraction of sp³-hybridized carbons (Fsp3) is 0.643. The number of ether oxygens (including phenoxy) is 1. The molecule has 4 nitrogen and oxygen atoms in total. The molecule has 2 atom stereocenters. The van der Waals surface area contributed by atoms with Crippen LogP contribution >= 0.6 is 0 Å². The Bertz CT molecular complexity index is 344. The van der Waals surface area contributed by atoms with Crippen LogP contribution in [0.3, 0.4) is 0 Å². The normalized spacial score (nSPS) is 24.4. The topological polar surface area (TPSA) is 51.4 Å². The van der Waals surface area contributed by atoms with Crippen molar-refractivity contribution < 1.29 is 4.74 Å². The zero-order chi connectivity index (χ0) is 12.8. The van der Waals surface area contributed by atoms with Crippen molar-refractivity contribution >= 4 is 0 Å². The van der Waals surface area contributed by atoms with Crippen LogP contribution in [0.15, 0.2) is 24.5 Å². The fourth-order valence-corrected chi connectivity index (χ4v) is 2.36. The minimum atomic E-state index is 0.294. The monoisotopic (exact) mass is 249 g/mol. The Morgan fingerprint density at radius 2 is 2.22 bits per heavy atom. The molecule has 4 heteroatoms. The first-order valence-corrected chi connectivity index (χ1v) is 6.66. The average Bonchev–Trinajstić information content (AvgIpc) is 2.40. The molecule has 0 bridgehead atoms. The van der Waals surface area contributed by atoms with Crippen molar-refractivity contribution in [3.8, 4) is 0 Å². The molecule has 100 valence electrons. The van der Waals surface area contributed by atoms with E-state index in [0.29, 0.717) is 12.0 Å². The van der Waals surface area contributed by atoms with Gasteiger partial charge in [-0.15, -0.1) is 0 Å². The lowest BCUT2D eigenvalue weighted by molar-refractivity contribution is 0.0296. The van der Waals surface area contributed by atoms with Crippen molar-refractivity contribution in [3.63, 3.8) is 0 Å². The van der Waals surface area contributed by atoms with Gasteiger partial charge in [-0.3, -0.25) is 4.98 Å². The summed E-state index contributed by atoms with van der Waals surface area (Å²) in [5.41, 5.74) is 7.45. The summed E-state index contributed by atoms with van der Waals surface area (Å²) in [4.78, 5) is 6.38. The molecule has 1 aliphatic rings. The second-order valence-electron chi connectivity index (χ2n) is 5.16. The minimum Gasteiger partial charge on any atom is -0.381 e. The maximum Gasteiger partial charge on any atom is 0.0521 e. The zero-order valence-corrected chi connectivity index (χ0v) is 11.1. The number of likely N-dealkylation sites (N-methyl/N-ethyl adjacent to an activating group) is 1. The van der Waals surface area contributed by atoms with Crippen molar-refractivity contribution in [3.05, 3.63) is 30.1 Å². The first-order valence-electron chi connectivity index (χ1n) is 6.66. The van der Waals surface area contributed by atoms with Crippen molar-refractivity contribution in [1.29, 1.82) is 0 Å². The maximum absolute atomic E-state index is 6.12. The van der Waals surface area contributed by atoms with E-state index in [1.165, 1.54) is 5.56 Å². The molecule has 2 N–H and O–H groups in total. The molecular formula is C14H23N3O. The molecule has 0 aliphatic carbocycles. The summed E-state index contributed by atoms with van der Waals surface area (Å²) in [6, 6.07) is 4.44. The summed E-state index contributed by atoms with van der Waals surface area (Å²) in [5.74, 6) is 0.473. The van der Waals surface area contributed by atoms with E-state index in [4.69, 9.17) is 10.5 Å². The molecular weight excluding hydrogens is 226 g/mol. The van der Waals surface area contributed by atoms with Gasteiger partial charge in [0.1, 0.15) is 0 Å². The van der Waals surface area contributed by atoms with Crippen LogP contribution in [0.1, 0.15) is 12.0 Å². The van der Waals surface area contributed by atoms with E-state index >= 15 is 0 Å². The molecule has 0 spiro atoms. The number of rotatable bonds is 5. The van der Waals surface area contributed by atoms with Gasteiger partial charge in [-0.2, -0.15) is 0 Å². The lowest BCUT2D eigenvalue weighted by Gasteiger charge is -2.32. The van der Waals surface area contributed by atoms with E-state index in [-0.39, 0.29) is 0 Å².